The zero-order chi connectivity index (χ0) is 12.9. The van der Waals surface area contributed by atoms with Gasteiger partial charge < -0.3 is 14.8 Å². The predicted molar refractivity (Wildman–Crippen MR) is 70.5 cm³/mol. The third-order valence-electron chi connectivity index (χ3n) is 2.35. The zero-order valence-electron chi connectivity index (χ0n) is 11.4. The van der Waals surface area contributed by atoms with E-state index in [1.165, 1.54) is 0 Å². The van der Waals surface area contributed by atoms with E-state index in [9.17, 15) is 0 Å². The van der Waals surface area contributed by atoms with Crippen molar-refractivity contribution in [2.24, 2.45) is 0 Å². The van der Waals surface area contributed by atoms with Gasteiger partial charge in [0.1, 0.15) is 5.75 Å². The molecule has 1 rings (SSSR count). The van der Waals surface area contributed by atoms with E-state index < -0.39 is 0 Å². The fourth-order valence-corrected chi connectivity index (χ4v) is 1.68. The number of hydrogen-bond acceptors (Lipinski definition) is 3. The summed E-state index contributed by atoms with van der Waals surface area (Å²) < 4.78 is 11.3. The molecule has 1 atom stereocenters. The number of rotatable bonds is 5. The largest absolute Gasteiger partial charge is 0.497 e. The highest BCUT2D eigenvalue weighted by Gasteiger charge is 2.20. The zero-order valence-corrected chi connectivity index (χ0v) is 11.4. The van der Waals surface area contributed by atoms with E-state index >= 15 is 0 Å². The molecule has 0 heterocycles. The van der Waals surface area contributed by atoms with Crippen LogP contribution in [0.15, 0.2) is 24.3 Å². The Labute approximate surface area is 104 Å². The fraction of sp³-hybridized carbons (Fsp3) is 0.571. The van der Waals surface area contributed by atoms with E-state index in [1.54, 1.807) is 7.11 Å². The van der Waals surface area contributed by atoms with Gasteiger partial charge in [-0.05, 0) is 45.5 Å². The van der Waals surface area contributed by atoms with Gasteiger partial charge in [0.15, 0.2) is 0 Å². The molecule has 0 aliphatic carbocycles. The van der Waals surface area contributed by atoms with Crippen LogP contribution in [0.5, 0.6) is 5.75 Å². The minimum atomic E-state index is -0.162. The maximum absolute atomic E-state index is 6.05. The number of nitrogens with one attached hydrogen (secondary N) is 1. The molecule has 0 bridgehead atoms. The van der Waals surface area contributed by atoms with Gasteiger partial charge in [-0.25, -0.2) is 0 Å². The Morgan fingerprint density at radius 3 is 2.53 bits per heavy atom. The van der Waals surface area contributed by atoms with Crippen LogP contribution >= 0.6 is 0 Å². The summed E-state index contributed by atoms with van der Waals surface area (Å²) in [7, 11) is 3.61. The Bertz CT molecular complexity index is 344. The van der Waals surface area contributed by atoms with Gasteiger partial charge in [0.05, 0.1) is 18.8 Å². The molecule has 0 aromatic heterocycles. The molecule has 0 aliphatic rings. The van der Waals surface area contributed by atoms with E-state index in [-0.39, 0.29) is 11.7 Å². The summed E-state index contributed by atoms with van der Waals surface area (Å²) in [5, 5.41) is 3.16. The molecule has 1 aromatic rings. The van der Waals surface area contributed by atoms with Crippen LogP contribution in [0.25, 0.3) is 0 Å². The maximum atomic E-state index is 6.05. The number of methoxy groups -OCH3 is 1. The van der Waals surface area contributed by atoms with Crippen molar-refractivity contribution in [1.29, 1.82) is 0 Å². The average molecular weight is 237 g/mol. The van der Waals surface area contributed by atoms with Crippen molar-refractivity contribution in [3.8, 4) is 5.75 Å². The van der Waals surface area contributed by atoms with Crippen molar-refractivity contribution < 1.29 is 9.47 Å². The number of benzene rings is 1. The summed E-state index contributed by atoms with van der Waals surface area (Å²) in [6.07, 6.45) is 0.0371. The monoisotopic (exact) mass is 237 g/mol. The Morgan fingerprint density at radius 1 is 1.29 bits per heavy atom. The first-order valence-corrected chi connectivity index (χ1v) is 5.92. The first-order chi connectivity index (χ1) is 7.96. The summed E-state index contributed by atoms with van der Waals surface area (Å²) in [4.78, 5) is 0. The van der Waals surface area contributed by atoms with Crippen molar-refractivity contribution in [2.45, 2.75) is 32.5 Å². The molecule has 0 fully saturated rings. The van der Waals surface area contributed by atoms with Gasteiger partial charge in [0.25, 0.3) is 0 Å². The highest BCUT2D eigenvalue weighted by atomic mass is 16.5. The first kappa shape index (κ1) is 14.0. The van der Waals surface area contributed by atoms with Gasteiger partial charge in [0.2, 0.25) is 0 Å². The predicted octanol–water partition coefficient (Wildman–Crippen LogP) is 2.77. The van der Waals surface area contributed by atoms with Crippen molar-refractivity contribution in [3.63, 3.8) is 0 Å². The van der Waals surface area contributed by atoms with Crippen LogP contribution in [-0.2, 0) is 4.74 Å². The molecule has 0 aliphatic heterocycles. The Hall–Kier alpha value is -1.06. The third kappa shape index (κ3) is 4.75. The van der Waals surface area contributed by atoms with Crippen molar-refractivity contribution in [2.75, 3.05) is 20.7 Å². The molecule has 0 amide bonds. The molecular weight excluding hydrogens is 214 g/mol. The van der Waals surface area contributed by atoms with E-state index in [0.29, 0.717) is 0 Å². The lowest BCUT2D eigenvalue weighted by Crippen LogP contribution is -2.28. The molecule has 96 valence electrons. The number of hydrogen-bond donors (Lipinski definition) is 1. The van der Waals surface area contributed by atoms with Crippen LogP contribution in [0.1, 0.15) is 32.4 Å². The number of likely N-dealkylation sites (N-methyl/N-ethyl adjacent to an activating group) is 1. The van der Waals surface area contributed by atoms with Crippen LogP contribution in [0.4, 0.5) is 0 Å². The number of ether oxygens (including phenoxy) is 2. The standard InChI is InChI=1S/C14H23NO2/c1-14(2,3)17-13(10-15-4)11-7-6-8-12(9-11)16-5/h6-9,13,15H,10H2,1-5H3. The SMILES string of the molecule is CNCC(OC(C)(C)C)c1cccc(OC)c1. The Kier molecular flexibility index (Phi) is 4.97. The van der Waals surface area contributed by atoms with Gasteiger partial charge >= 0.3 is 0 Å². The van der Waals surface area contributed by atoms with E-state index in [4.69, 9.17) is 9.47 Å². The molecule has 0 saturated heterocycles. The van der Waals surface area contributed by atoms with Crippen molar-refractivity contribution in [3.05, 3.63) is 29.8 Å². The molecule has 17 heavy (non-hydrogen) atoms. The minimum Gasteiger partial charge on any atom is -0.497 e. The summed E-state index contributed by atoms with van der Waals surface area (Å²) in [5.41, 5.74) is 0.971. The molecule has 3 heteroatoms. The first-order valence-electron chi connectivity index (χ1n) is 5.92. The van der Waals surface area contributed by atoms with Crippen molar-refractivity contribution in [1.82, 2.24) is 5.32 Å². The van der Waals surface area contributed by atoms with Gasteiger partial charge in [0, 0.05) is 6.54 Å². The second-order valence-corrected chi connectivity index (χ2v) is 5.05. The maximum Gasteiger partial charge on any atom is 0.119 e. The second kappa shape index (κ2) is 6.03. The highest BCUT2D eigenvalue weighted by molar-refractivity contribution is 5.30. The molecule has 1 unspecified atom stereocenters. The minimum absolute atomic E-state index is 0.0371. The summed E-state index contributed by atoms with van der Waals surface area (Å²) in [6.45, 7) is 6.98. The average Bonchev–Trinajstić information content (AvgIpc) is 2.27. The van der Waals surface area contributed by atoms with E-state index in [0.717, 1.165) is 17.9 Å². The smallest absolute Gasteiger partial charge is 0.119 e. The molecule has 1 N–H and O–H groups in total. The summed E-state index contributed by atoms with van der Waals surface area (Å²) in [6, 6.07) is 8.02. The van der Waals surface area contributed by atoms with Gasteiger partial charge in [-0.15, -0.1) is 0 Å². The van der Waals surface area contributed by atoms with Gasteiger partial charge in [-0.1, -0.05) is 12.1 Å². The topological polar surface area (TPSA) is 30.5 Å². The lowest BCUT2D eigenvalue weighted by atomic mass is 10.1. The Morgan fingerprint density at radius 2 is 2.00 bits per heavy atom. The van der Waals surface area contributed by atoms with Crippen LogP contribution in [0.3, 0.4) is 0 Å². The molecule has 0 spiro atoms. The highest BCUT2D eigenvalue weighted by Crippen LogP contribution is 2.25. The van der Waals surface area contributed by atoms with Gasteiger partial charge in [-0.2, -0.15) is 0 Å². The van der Waals surface area contributed by atoms with E-state index in [2.05, 4.69) is 32.2 Å². The lowest BCUT2D eigenvalue weighted by molar-refractivity contribution is -0.0600. The normalized spacial score (nSPS) is 13.5. The summed E-state index contributed by atoms with van der Waals surface area (Å²) in [5.74, 6) is 0.862. The van der Waals surface area contributed by atoms with Crippen LogP contribution in [0, 0.1) is 0 Å². The summed E-state index contributed by atoms with van der Waals surface area (Å²) >= 11 is 0. The van der Waals surface area contributed by atoms with Gasteiger partial charge in [-0.3, -0.25) is 0 Å². The molecule has 3 nitrogen and oxygen atoms in total. The van der Waals surface area contributed by atoms with Crippen LogP contribution < -0.4 is 10.1 Å². The molecular formula is C14H23NO2. The third-order valence-corrected chi connectivity index (χ3v) is 2.35. The van der Waals surface area contributed by atoms with Crippen LogP contribution in [0.2, 0.25) is 0 Å². The fourth-order valence-electron chi connectivity index (χ4n) is 1.68. The Balaban J connectivity index is 2.88. The van der Waals surface area contributed by atoms with Crippen LogP contribution in [-0.4, -0.2) is 26.3 Å². The quantitative estimate of drug-likeness (QED) is 0.854. The molecule has 0 saturated carbocycles. The van der Waals surface area contributed by atoms with E-state index in [1.807, 2.05) is 25.2 Å². The molecule has 1 aromatic carbocycles. The van der Waals surface area contributed by atoms with Crippen molar-refractivity contribution >= 4 is 0 Å². The lowest BCUT2D eigenvalue weighted by Gasteiger charge is -2.28. The second-order valence-electron chi connectivity index (χ2n) is 5.05. The molecule has 0 radical (unpaired) electrons.